The fraction of sp³-hybridized carbons (Fsp3) is 0.0909. The lowest BCUT2D eigenvalue weighted by molar-refractivity contribution is 1.15. The van der Waals surface area contributed by atoms with Crippen LogP contribution in [0.4, 0.5) is 0 Å². The first kappa shape index (κ1) is 16.5. The number of hydrogen-bond acceptors (Lipinski definition) is 3. The van der Waals surface area contributed by atoms with Crippen LogP contribution in [0.25, 0.3) is 21.3 Å². The number of hydrogen-bond donors (Lipinski definition) is 2. The number of rotatable bonds is 4. The van der Waals surface area contributed by atoms with E-state index in [4.69, 9.17) is 16.1 Å². The lowest BCUT2D eigenvalue weighted by Crippen LogP contribution is -2.10. The van der Waals surface area contributed by atoms with Crippen LogP contribution in [0.2, 0.25) is 0 Å². The second kappa shape index (κ2) is 6.73. The van der Waals surface area contributed by atoms with Crippen molar-refractivity contribution in [3.8, 4) is 11.1 Å². The normalized spacial score (nSPS) is 11.0. The van der Waals surface area contributed by atoms with Gasteiger partial charge in [-0.3, -0.25) is 5.41 Å². The first-order chi connectivity index (χ1) is 12.6. The van der Waals surface area contributed by atoms with Crippen molar-refractivity contribution in [3.63, 3.8) is 0 Å². The highest BCUT2D eigenvalue weighted by Crippen LogP contribution is 2.30. The maximum atomic E-state index is 7.47. The number of fused-ring (bicyclic) bond motifs is 1. The van der Waals surface area contributed by atoms with Crippen molar-refractivity contribution in [3.05, 3.63) is 88.4 Å². The summed E-state index contributed by atoms with van der Waals surface area (Å²) < 4.78 is 1.21. The fourth-order valence-corrected chi connectivity index (χ4v) is 4.07. The summed E-state index contributed by atoms with van der Waals surface area (Å²) in [5, 5.41) is 8.57. The lowest BCUT2D eigenvalue weighted by Gasteiger charge is -2.05. The molecule has 128 valence electrons. The molecule has 1 aromatic heterocycles. The summed E-state index contributed by atoms with van der Waals surface area (Å²) in [6.45, 7) is 2.14. The van der Waals surface area contributed by atoms with Crippen LogP contribution in [0.3, 0.4) is 0 Å². The molecular formula is C22H19N3S. The van der Waals surface area contributed by atoms with E-state index in [0.717, 1.165) is 22.5 Å². The van der Waals surface area contributed by atoms with Crippen molar-refractivity contribution >= 4 is 27.4 Å². The Morgan fingerprint density at radius 3 is 2.54 bits per heavy atom. The van der Waals surface area contributed by atoms with E-state index in [0.29, 0.717) is 0 Å². The van der Waals surface area contributed by atoms with Gasteiger partial charge >= 0.3 is 0 Å². The quantitative estimate of drug-likeness (QED) is 0.392. The van der Waals surface area contributed by atoms with Gasteiger partial charge in [-0.1, -0.05) is 54.6 Å². The first-order valence-corrected chi connectivity index (χ1v) is 9.30. The lowest BCUT2D eigenvalue weighted by atomic mass is 10.0. The average molecular weight is 357 g/mol. The molecule has 26 heavy (non-hydrogen) atoms. The maximum Gasteiger partial charge on any atom is 0.122 e. The molecule has 0 aliphatic rings. The molecule has 0 unspecified atom stereocenters. The van der Waals surface area contributed by atoms with Crippen LogP contribution >= 0.6 is 11.3 Å². The van der Waals surface area contributed by atoms with Crippen LogP contribution < -0.4 is 5.73 Å². The summed E-state index contributed by atoms with van der Waals surface area (Å²) in [5.41, 5.74) is 12.2. The third-order valence-corrected chi connectivity index (χ3v) is 5.54. The number of benzene rings is 3. The highest BCUT2D eigenvalue weighted by Gasteiger charge is 2.08. The predicted molar refractivity (Wildman–Crippen MR) is 110 cm³/mol. The Bertz CT molecular complexity index is 1090. The summed E-state index contributed by atoms with van der Waals surface area (Å²) in [7, 11) is 0. The molecule has 0 aliphatic carbocycles. The Morgan fingerprint density at radius 2 is 1.81 bits per heavy atom. The van der Waals surface area contributed by atoms with Crippen molar-refractivity contribution in [1.29, 1.82) is 5.41 Å². The van der Waals surface area contributed by atoms with E-state index in [-0.39, 0.29) is 5.84 Å². The zero-order chi connectivity index (χ0) is 18.1. The first-order valence-electron chi connectivity index (χ1n) is 8.49. The standard InChI is InChI=1S/C22H19N3S/c1-14-4-2-3-5-18(14)17-10-11-20-19(13-17)25-21(26-20)12-15-6-8-16(9-7-15)22(23)24/h2-11,13H,12H2,1H3,(H3,23,24). The highest BCUT2D eigenvalue weighted by atomic mass is 32.1. The van der Waals surface area contributed by atoms with E-state index in [1.165, 1.54) is 27.0 Å². The van der Waals surface area contributed by atoms with Gasteiger partial charge in [0, 0.05) is 12.0 Å². The molecular weight excluding hydrogens is 338 g/mol. The highest BCUT2D eigenvalue weighted by molar-refractivity contribution is 7.18. The molecule has 0 saturated carbocycles. The van der Waals surface area contributed by atoms with Crippen LogP contribution in [0.1, 0.15) is 21.7 Å². The van der Waals surface area contributed by atoms with Gasteiger partial charge in [-0.15, -0.1) is 11.3 Å². The average Bonchev–Trinajstić information content (AvgIpc) is 3.04. The molecule has 0 fully saturated rings. The van der Waals surface area contributed by atoms with Crippen LogP contribution in [0.15, 0.2) is 66.7 Å². The monoisotopic (exact) mass is 357 g/mol. The zero-order valence-electron chi connectivity index (χ0n) is 14.5. The number of nitrogen functional groups attached to an aromatic ring is 1. The maximum absolute atomic E-state index is 7.47. The number of aromatic nitrogens is 1. The van der Waals surface area contributed by atoms with Gasteiger partial charge < -0.3 is 5.73 Å². The summed E-state index contributed by atoms with van der Waals surface area (Å²) in [6.07, 6.45) is 0.789. The molecule has 0 aliphatic heterocycles. The number of nitrogens with zero attached hydrogens (tertiary/aromatic N) is 1. The Kier molecular flexibility index (Phi) is 4.27. The fourth-order valence-electron chi connectivity index (χ4n) is 3.09. The smallest absolute Gasteiger partial charge is 0.122 e. The van der Waals surface area contributed by atoms with Gasteiger partial charge in [-0.25, -0.2) is 4.98 Å². The zero-order valence-corrected chi connectivity index (χ0v) is 15.3. The molecule has 0 spiro atoms. The Hall–Kier alpha value is -2.98. The largest absolute Gasteiger partial charge is 0.384 e. The van der Waals surface area contributed by atoms with Gasteiger partial charge in [0.05, 0.1) is 15.2 Å². The Balaban J connectivity index is 1.63. The molecule has 1 heterocycles. The van der Waals surface area contributed by atoms with Gasteiger partial charge in [0.1, 0.15) is 5.84 Å². The third-order valence-electron chi connectivity index (χ3n) is 4.51. The second-order valence-corrected chi connectivity index (χ2v) is 7.51. The van der Waals surface area contributed by atoms with Gasteiger partial charge in [0.15, 0.2) is 0 Å². The van der Waals surface area contributed by atoms with Crippen molar-refractivity contribution in [1.82, 2.24) is 4.98 Å². The summed E-state index contributed by atoms with van der Waals surface area (Å²) in [6, 6.07) is 22.8. The SMILES string of the molecule is Cc1ccccc1-c1ccc2sc(Cc3ccc(C(=N)N)cc3)nc2c1. The molecule has 3 aromatic carbocycles. The molecule has 3 N–H and O–H groups in total. The van der Waals surface area contributed by atoms with Crippen molar-refractivity contribution in [2.24, 2.45) is 5.73 Å². The third kappa shape index (κ3) is 3.24. The summed E-state index contributed by atoms with van der Waals surface area (Å²) >= 11 is 1.73. The van der Waals surface area contributed by atoms with E-state index < -0.39 is 0 Å². The minimum Gasteiger partial charge on any atom is -0.384 e. The van der Waals surface area contributed by atoms with Crippen LogP contribution in [0.5, 0.6) is 0 Å². The molecule has 0 amide bonds. The van der Waals surface area contributed by atoms with Crippen LogP contribution in [0, 0.1) is 12.3 Å². The Labute approximate surface area is 156 Å². The molecule has 4 heteroatoms. The van der Waals surface area contributed by atoms with E-state index in [1.807, 2.05) is 24.3 Å². The van der Waals surface area contributed by atoms with E-state index in [2.05, 4.69) is 49.4 Å². The summed E-state index contributed by atoms with van der Waals surface area (Å²) in [4.78, 5) is 4.83. The molecule has 3 nitrogen and oxygen atoms in total. The topological polar surface area (TPSA) is 62.8 Å². The summed E-state index contributed by atoms with van der Waals surface area (Å²) in [5.74, 6) is 0.0975. The molecule has 4 aromatic rings. The number of nitrogens with two attached hydrogens (primary N) is 1. The van der Waals surface area contributed by atoms with Crippen LogP contribution in [-0.2, 0) is 6.42 Å². The predicted octanol–water partition coefficient (Wildman–Crippen LogP) is 5.15. The molecule has 0 atom stereocenters. The van der Waals surface area contributed by atoms with Gasteiger partial charge in [0.25, 0.3) is 0 Å². The molecule has 4 rings (SSSR count). The number of nitrogens with one attached hydrogen (secondary N) is 1. The minimum atomic E-state index is 0.0975. The van der Waals surface area contributed by atoms with Gasteiger partial charge in [-0.05, 0) is 41.3 Å². The van der Waals surface area contributed by atoms with Crippen LogP contribution in [-0.4, -0.2) is 10.8 Å². The van der Waals surface area contributed by atoms with E-state index in [1.54, 1.807) is 11.3 Å². The second-order valence-electron chi connectivity index (χ2n) is 6.39. The van der Waals surface area contributed by atoms with E-state index in [9.17, 15) is 0 Å². The van der Waals surface area contributed by atoms with Gasteiger partial charge in [-0.2, -0.15) is 0 Å². The Morgan fingerprint density at radius 1 is 1.04 bits per heavy atom. The molecule has 0 radical (unpaired) electrons. The van der Waals surface area contributed by atoms with Crippen molar-refractivity contribution in [2.45, 2.75) is 13.3 Å². The van der Waals surface area contributed by atoms with Crippen molar-refractivity contribution < 1.29 is 0 Å². The van der Waals surface area contributed by atoms with Crippen molar-refractivity contribution in [2.75, 3.05) is 0 Å². The molecule has 0 saturated heterocycles. The number of amidine groups is 1. The number of thiazole rings is 1. The van der Waals surface area contributed by atoms with Gasteiger partial charge in [0.2, 0.25) is 0 Å². The van der Waals surface area contributed by atoms with E-state index >= 15 is 0 Å². The molecule has 0 bridgehead atoms. The number of aryl methyl sites for hydroxylation is 1. The minimum absolute atomic E-state index is 0.0975.